The van der Waals surface area contributed by atoms with Crippen molar-refractivity contribution in [2.75, 3.05) is 42.3 Å². The van der Waals surface area contributed by atoms with Crippen LogP contribution in [-0.2, 0) is 9.53 Å². The Hall–Kier alpha value is -2.55. The number of halogens is 1. The number of rotatable bonds is 6. The van der Waals surface area contributed by atoms with Crippen LogP contribution in [0.5, 0.6) is 0 Å². The van der Waals surface area contributed by atoms with Crippen molar-refractivity contribution in [3.8, 4) is 5.69 Å². The van der Waals surface area contributed by atoms with Crippen molar-refractivity contribution in [3.05, 3.63) is 59.1 Å². The van der Waals surface area contributed by atoms with Crippen LogP contribution in [0.1, 0.15) is 5.56 Å². The number of benzene rings is 2. The van der Waals surface area contributed by atoms with Crippen LogP contribution in [0.4, 0.5) is 11.6 Å². The van der Waals surface area contributed by atoms with Gasteiger partial charge in [0.2, 0.25) is 11.9 Å². The van der Waals surface area contributed by atoms with Crippen LogP contribution >= 0.6 is 23.4 Å². The summed E-state index contributed by atoms with van der Waals surface area (Å²) in [7, 11) is 0. The molecule has 0 atom stereocenters. The van der Waals surface area contributed by atoms with E-state index >= 15 is 0 Å². The number of carbonyl (C=O) groups excluding carboxylic acids is 1. The monoisotopic (exact) mass is 443 g/mol. The van der Waals surface area contributed by atoms with E-state index in [0.29, 0.717) is 29.1 Å². The van der Waals surface area contributed by atoms with E-state index in [4.69, 9.17) is 16.3 Å². The van der Waals surface area contributed by atoms with Gasteiger partial charge in [0.15, 0.2) is 5.16 Å². The van der Waals surface area contributed by atoms with Gasteiger partial charge in [-0.1, -0.05) is 47.6 Å². The highest BCUT2D eigenvalue weighted by atomic mass is 35.5. The summed E-state index contributed by atoms with van der Waals surface area (Å²) in [4.78, 5) is 14.6. The standard InChI is InChI=1S/C21H22ClN5O2S/c1-15-5-2-3-8-18(15)27-20(26-9-11-29-12-10-26)24-25-21(27)30-14-19(28)23-17-7-4-6-16(22)13-17/h2-8,13H,9-12,14H2,1H3,(H,23,28). The third kappa shape index (κ3) is 4.77. The highest BCUT2D eigenvalue weighted by molar-refractivity contribution is 7.99. The normalized spacial score (nSPS) is 14.0. The van der Waals surface area contributed by atoms with Gasteiger partial charge in [-0.3, -0.25) is 9.36 Å². The fourth-order valence-electron chi connectivity index (χ4n) is 3.24. The first-order chi connectivity index (χ1) is 14.6. The molecule has 1 fully saturated rings. The number of carbonyl (C=O) groups is 1. The van der Waals surface area contributed by atoms with E-state index in [1.165, 1.54) is 11.8 Å². The maximum atomic E-state index is 12.5. The SMILES string of the molecule is Cc1ccccc1-n1c(SCC(=O)Nc2cccc(Cl)c2)nnc1N1CCOCC1. The number of aryl methyl sites for hydroxylation is 1. The molecular formula is C21H22ClN5O2S. The number of amides is 1. The van der Waals surface area contributed by atoms with Gasteiger partial charge in [0, 0.05) is 23.8 Å². The summed E-state index contributed by atoms with van der Waals surface area (Å²) in [6.45, 7) is 4.88. The van der Waals surface area contributed by atoms with E-state index in [1.54, 1.807) is 24.3 Å². The number of anilines is 2. The molecule has 7 nitrogen and oxygen atoms in total. The van der Waals surface area contributed by atoms with Crippen LogP contribution in [0.3, 0.4) is 0 Å². The summed E-state index contributed by atoms with van der Waals surface area (Å²) >= 11 is 7.34. The fourth-order valence-corrected chi connectivity index (χ4v) is 4.17. The Kier molecular flexibility index (Phi) is 6.56. The lowest BCUT2D eigenvalue weighted by Crippen LogP contribution is -2.38. The maximum Gasteiger partial charge on any atom is 0.234 e. The lowest BCUT2D eigenvalue weighted by Gasteiger charge is -2.28. The smallest absolute Gasteiger partial charge is 0.234 e. The third-order valence-electron chi connectivity index (χ3n) is 4.71. The molecule has 0 unspecified atom stereocenters. The summed E-state index contributed by atoms with van der Waals surface area (Å²) in [5.41, 5.74) is 2.78. The average Bonchev–Trinajstić information content (AvgIpc) is 3.17. The molecule has 0 spiro atoms. The number of para-hydroxylation sites is 1. The zero-order chi connectivity index (χ0) is 20.9. The maximum absolute atomic E-state index is 12.5. The van der Waals surface area contributed by atoms with E-state index < -0.39 is 0 Å². The van der Waals surface area contributed by atoms with E-state index in [2.05, 4.69) is 33.4 Å². The highest BCUT2D eigenvalue weighted by Gasteiger charge is 2.23. The van der Waals surface area contributed by atoms with Crippen molar-refractivity contribution in [1.29, 1.82) is 0 Å². The number of aromatic nitrogens is 3. The summed E-state index contributed by atoms with van der Waals surface area (Å²) in [6.07, 6.45) is 0. The molecule has 0 aliphatic carbocycles. The van der Waals surface area contributed by atoms with Gasteiger partial charge in [-0.25, -0.2) is 0 Å². The molecule has 0 saturated carbocycles. The van der Waals surface area contributed by atoms with Gasteiger partial charge in [0.25, 0.3) is 0 Å². The molecule has 1 amide bonds. The van der Waals surface area contributed by atoms with Gasteiger partial charge >= 0.3 is 0 Å². The lowest BCUT2D eigenvalue weighted by atomic mass is 10.2. The van der Waals surface area contributed by atoms with Crippen molar-refractivity contribution in [2.24, 2.45) is 0 Å². The minimum atomic E-state index is -0.130. The first-order valence-electron chi connectivity index (χ1n) is 9.64. The van der Waals surface area contributed by atoms with Crippen molar-refractivity contribution >= 4 is 40.9 Å². The molecule has 30 heavy (non-hydrogen) atoms. The number of thioether (sulfide) groups is 1. The fraction of sp³-hybridized carbons (Fsp3) is 0.286. The number of hydrogen-bond acceptors (Lipinski definition) is 6. The minimum absolute atomic E-state index is 0.130. The molecule has 156 valence electrons. The number of nitrogens with zero attached hydrogens (tertiary/aromatic N) is 4. The molecule has 2 aromatic carbocycles. The Morgan fingerprint density at radius 1 is 1.17 bits per heavy atom. The summed E-state index contributed by atoms with van der Waals surface area (Å²) in [6, 6.07) is 15.2. The van der Waals surface area contributed by atoms with Crippen LogP contribution in [-0.4, -0.2) is 52.7 Å². The van der Waals surface area contributed by atoms with Crippen molar-refractivity contribution < 1.29 is 9.53 Å². The second-order valence-corrected chi connectivity index (χ2v) is 8.23. The molecule has 1 aromatic heterocycles. The quantitative estimate of drug-likeness (QED) is 0.584. The Morgan fingerprint density at radius 3 is 2.73 bits per heavy atom. The molecule has 3 aromatic rings. The Morgan fingerprint density at radius 2 is 1.97 bits per heavy atom. The van der Waals surface area contributed by atoms with Crippen LogP contribution in [0.15, 0.2) is 53.7 Å². The van der Waals surface area contributed by atoms with Gasteiger partial charge < -0.3 is 15.0 Å². The molecule has 1 aliphatic heterocycles. The largest absolute Gasteiger partial charge is 0.378 e. The molecule has 4 rings (SSSR count). The van der Waals surface area contributed by atoms with Crippen molar-refractivity contribution in [2.45, 2.75) is 12.1 Å². The number of morpholine rings is 1. The van der Waals surface area contributed by atoms with E-state index in [-0.39, 0.29) is 11.7 Å². The summed E-state index contributed by atoms with van der Waals surface area (Å²) < 4.78 is 7.50. The third-order valence-corrected chi connectivity index (χ3v) is 5.87. The van der Waals surface area contributed by atoms with Crippen LogP contribution in [0.25, 0.3) is 5.69 Å². The van der Waals surface area contributed by atoms with Gasteiger partial charge in [0.1, 0.15) is 0 Å². The predicted octanol–water partition coefficient (Wildman–Crippen LogP) is 3.80. The van der Waals surface area contributed by atoms with E-state index in [1.807, 2.05) is 22.8 Å². The van der Waals surface area contributed by atoms with Crippen molar-refractivity contribution in [3.63, 3.8) is 0 Å². The first kappa shape index (κ1) is 20.7. The van der Waals surface area contributed by atoms with E-state index in [9.17, 15) is 4.79 Å². The molecule has 2 heterocycles. The number of ether oxygens (including phenoxy) is 1. The Labute approximate surface area is 184 Å². The van der Waals surface area contributed by atoms with Gasteiger partial charge in [0.05, 0.1) is 24.7 Å². The van der Waals surface area contributed by atoms with Crippen molar-refractivity contribution in [1.82, 2.24) is 14.8 Å². The molecule has 1 aliphatic rings. The Balaban J connectivity index is 1.56. The first-order valence-corrected chi connectivity index (χ1v) is 11.0. The molecule has 1 N–H and O–H groups in total. The van der Waals surface area contributed by atoms with Gasteiger partial charge in [-0.05, 0) is 36.8 Å². The number of hydrogen-bond donors (Lipinski definition) is 1. The summed E-state index contributed by atoms with van der Waals surface area (Å²) in [5, 5.41) is 13.0. The molecular weight excluding hydrogens is 422 g/mol. The second kappa shape index (κ2) is 9.51. The molecule has 0 radical (unpaired) electrons. The van der Waals surface area contributed by atoms with Gasteiger partial charge in [-0.2, -0.15) is 0 Å². The topological polar surface area (TPSA) is 72.3 Å². The molecule has 1 saturated heterocycles. The number of nitrogens with one attached hydrogen (secondary N) is 1. The van der Waals surface area contributed by atoms with E-state index in [0.717, 1.165) is 30.3 Å². The predicted molar refractivity (Wildman–Crippen MR) is 120 cm³/mol. The average molecular weight is 444 g/mol. The van der Waals surface area contributed by atoms with Crippen LogP contribution in [0, 0.1) is 6.92 Å². The highest BCUT2D eigenvalue weighted by Crippen LogP contribution is 2.29. The Bertz CT molecular complexity index is 1040. The lowest BCUT2D eigenvalue weighted by molar-refractivity contribution is -0.113. The minimum Gasteiger partial charge on any atom is -0.378 e. The zero-order valence-corrected chi connectivity index (χ0v) is 18.1. The van der Waals surface area contributed by atoms with Crippen LogP contribution in [0.2, 0.25) is 5.02 Å². The molecule has 9 heteroatoms. The van der Waals surface area contributed by atoms with Crippen LogP contribution < -0.4 is 10.2 Å². The van der Waals surface area contributed by atoms with Gasteiger partial charge in [-0.15, -0.1) is 10.2 Å². The zero-order valence-electron chi connectivity index (χ0n) is 16.5. The summed E-state index contributed by atoms with van der Waals surface area (Å²) in [5.74, 6) is 0.847. The second-order valence-electron chi connectivity index (χ2n) is 6.85. The molecule has 0 bridgehead atoms.